The maximum absolute atomic E-state index is 14.3. The molecule has 2 aliphatic heterocycles. The topological polar surface area (TPSA) is 49.2 Å². The van der Waals surface area contributed by atoms with E-state index in [1.54, 1.807) is 0 Å². The van der Waals surface area contributed by atoms with Gasteiger partial charge in [-0.2, -0.15) is 0 Å². The molecule has 2 unspecified atom stereocenters. The molecule has 2 saturated heterocycles. The van der Waals surface area contributed by atoms with Gasteiger partial charge < -0.3 is 10.0 Å². The van der Waals surface area contributed by atoms with Crippen molar-refractivity contribution in [3.63, 3.8) is 0 Å². The van der Waals surface area contributed by atoms with Crippen LogP contribution in [-0.2, 0) is 6.42 Å². The Balaban J connectivity index is 1.96. The molecule has 2 bridgehead atoms. The second-order valence-corrected chi connectivity index (χ2v) is 5.23. The highest BCUT2D eigenvalue weighted by Gasteiger charge is 2.42. The molecule has 3 heterocycles. The standard InChI is InChI=1S/C13H18FN3O/c1-2-11-12(14)13(16-7-15-11)17-8-3-4-9(17)6-10(18)5-8/h7-10,18H,2-6H2,1H3. The van der Waals surface area contributed by atoms with E-state index in [1.807, 2.05) is 6.92 Å². The first-order chi connectivity index (χ1) is 8.70. The Kier molecular flexibility index (Phi) is 2.93. The van der Waals surface area contributed by atoms with Crippen LogP contribution in [0.15, 0.2) is 6.33 Å². The largest absolute Gasteiger partial charge is 0.393 e. The molecule has 3 rings (SSSR count). The van der Waals surface area contributed by atoms with Crippen molar-refractivity contribution in [3.8, 4) is 0 Å². The lowest BCUT2D eigenvalue weighted by molar-refractivity contribution is 0.125. The second-order valence-electron chi connectivity index (χ2n) is 5.23. The predicted octanol–water partition coefficient (Wildman–Crippen LogP) is 1.67. The van der Waals surface area contributed by atoms with Gasteiger partial charge in [-0.25, -0.2) is 14.4 Å². The molecule has 1 aromatic rings. The zero-order valence-electron chi connectivity index (χ0n) is 10.5. The maximum atomic E-state index is 14.3. The quantitative estimate of drug-likeness (QED) is 0.868. The summed E-state index contributed by atoms with van der Waals surface area (Å²) < 4.78 is 14.3. The van der Waals surface area contributed by atoms with Crippen molar-refractivity contribution in [1.82, 2.24) is 9.97 Å². The molecule has 98 valence electrons. The van der Waals surface area contributed by atoms with Crippen LogP contribution in [0.2, 0.25) is 0 Å². The molecule has 5 heteroatoms. The van der Waals surface area contributed by atoms with Crippen LogP contribution >= 0.6 is 0 Å². The number of piperidine rings is 1. The minimum absolute atomic E-state index is 0.229. The fourth-order valence-corrected chi connectivity index (χ4v) is 3.32. The van der Waals surface area contributed by atoms with E-state index in [-0.39, 0.29) is 24.0 Å². The molecule has 0 aromatic carbocycles. The third kappa shape index (κ3) is 1.77. The highest BCUT2D eigenvalue weighted by atomic mass is 19.1. The lowest BCUT2D eigenvalue weighted by Gasteiger charge is -2.38. The van der Waals surface area contributed by atoms with E-state index in [2.05, 4.69) is 14.9 Å². The van der Waals surface area contributed by atoms with Crippen LogP contribution in [0, 0.1) is 5.82 Å². The van der Waals surface area contributed by atoms with E-state index < -0.39 is 0 Å². The van der Waals surface area contributed by atoms with Gasteiger partial charge in [-0.3, -0.25) is 0 Å². The van der Waals surface area contributed by atoms with E-state index in [9.17, 15) is 9.50 Å². The third-order valence-corrected chi connectivity index (χ3v) is 4.13. The van der Waals surface area contributed by atoms with Gasteiger partial charge >= 0.3 is 0 Å². The summed E-state index contributed by atoms with van der Waals surface area (Å²) in [5, 5.41) is 9.77. The SMILES string of the molecule is CCc1ncnc(N2C3CCC2CC(O)C3)c1F. The molecule has 2 aliphatic rings. The number of aliphatic hydroxyl groups is 1. The number of aromatic nitrogens is 2. The molecule has 0 amide bonds. The molecule has 0 spiro atoms. The average Bonchev–Trinajstić information content (AvgIpc) is 2.62. The number of nitrogens with zero attached hydrogens (tertiary/aromatic N) is 3. The lowest BCUT2D eigenvalue weighted by atomic mass is 10.00. The summed E-state index contributed by atoms with van der Waals surface area (Å²) in [6.07, 6.45) is 5.27. The van der Waals surface area contributed by atoms with Crippen molar-refractivity contribution in [2.45, 2.75) is 57.2 Å². The van der Waals surface area contributed by atoms with Crippen LogP contribution in [-0.4, -0.2) is 33.3 Å². The average molecular weight is 251 g/mol. The summed E-state index contributed by atoms with van der Waals surface area (Å²) in [5.74, 6) is 0.148. The number of hydrogen-bond donors (Lipinski definition) is 1. The molecule has 0 aliphatic carbocycles. The minimum atomic E-state index is -0.284. The maximum Gasteiger partial charge on any atom is 0.187 e. The van der Waals surface area contributed by atoms with Crippen LogP contribution in [0.4, 0.5) is 10.2 Å². The fraction of sp³-hybridized carbons (Fsp3) is 0.692. The van der Waals surface area contributed by atoms with Gasteiger partial charge in [0.25, 0.3) is 0 Å². The molecule has 1 N–H and O–H groups in total. The molecule has 18 heavy (non-hydrogen) atoms. The molecule has 2 fully saturated rings. The van der Waals surface area contributed by atoms with Gasteiger partial charge in [0.2, 0.25) is 0 Å². The van der Waals surface area contributed by atoms with E-state index in [0.717, 1.165) is 25.7 Å². The number of fused-ring (bicyclic) bond motifs is 2. The van der Waals surface area contributed by atoms with Crippen molar-refractivity contribution < 1.29 is 9.50 Å². The molecule has 0 saturated carbocycles. The van der Waals surface area contributed by atoms with E-state index in [0.29, 0.717) is 17.9 Å². The summed E-state index contributed by atoms with van der Waals surface area (Å²) in [5.41, 5.74) is 0.477. The Hall–Kier alpha value is -1.23. The lowest BCUT2D eigenvalue weighted by Crippen LogP contribution is -2.45. The zero-order valence-corrected chi connectivity index (χ0v) is 10.5. The Morgan fingerprint density at radius 1 is 1.33 bits per heavy atom. The summed E-state index contributed by atoms with van der Waals surface area (Å²) in [6.45, 7) is 1.89. The van der Waals surface area contributed by atoms with Crippen molar-refractivity contribution >= 4 is 5.82 Å². The number of hydrogen-bond acceptors (Lipinski definition) is 4. The van der Waals surface area contributed by atoms with Crippen LogP contribution in [0.3, 0.4) is 0 Å². The molecule has 0 radical (unpaired) electrons. The van der Waals surface area contributed by atoms with Crippen LogP contribution in [0.25, 0.3) is 0 Å². The highest BCUT2D eigenvalue weighted by molar-refractivity contribution is 5.46. The zero-order chi connectivity index (χ0) is 12.7. The molecule has 2 atom stereocenters. The molecular formula is C13H18FN3O. The van der Waals surface area contributed by atoms with Crippen LogP contribution in [0.1, 0.15) is 38.3 Å². The Morgan fingerprint density at radius 3 is 2.61 bits per heavy atom. The van der Waals surface area contributed by atoms with Gasteiger partial charge in [-0.1, -0.05) is 6.92 Å². The molecular weight excluding hydrogens is 233 g/mol. The number of aliphatic hydroxyl groups excluding tert-OH is 1. The van der Waals surface area contributed by atoms with Crippen molar-refractivity contribution in [2.24, 2.45) is 0 Å². The molecule has 1 aromatic heterocycles. The second kappa shape index (κ2) is 4.46. The van der Waals surface area contributed by atoms with Gasteiger partial charge in [-0.15, -0.1) is 0 Å². The smallest absolute Gasteiger partial charge is 0.187 e. The van der Waals surface area contributed by atoms with Crippen LogP contribution in [0.5, 0.6) is 0 Å². The first-order valence-electron chi connectivity index (χ1n) is 6.66. The normalized spacial score (nSPS) is 30.8. The summed E-state index contributed by atoms with van der Waals surface area (Å²) in [4.78, 5) is 10.2. The highest BCUT2D eigenvalue weighted by Crippen LogP contribution is 2.39. The van der Waals surface area contributed by atoms with Crippen molar-refractivity contribution in [3.05, 3.63) is 17.8 Å². The molecule has 4 nitrogen and oxygen atoms in total. The Labute approximate surface area is 106 Å². The third-order valence-electron chi connectivity index (χ3n) is 4.13. The summed E-state index contributed by atoms with van der Waals surface area (Å²) >= 11 is 0. The monoisotopic (exact) mass is 251 g/mol. The Bertz CT molecular complexity index is 440. The number of rotatable bonds is 2. The van der Waals surface area contributed by atoms with Gasteiger partial charge in [0.15, 0.2) is 11.6 Å². The fourth-order valence-electron chi connectivity index (χ4n) is 3.32. The number of anilines is 1. The van der Waals surface area contributed by atoms with E-state index in [4.69, 9.17) is 0 Å². The number of aryl methyl sites for hydroxylation is 1. The number of halogens is 1. The van der Waals surface area contributed by atoms with Gasteiger partial charge in [0.1, 0.15) is 6.33 Å². The van der Waals surface area contributed by atoms with Gasteiger partial charge in [-0.05, 0) is 32.1 Å². The van der Waals surface area contributed by atoms with Crippen molar-refractivity contribution in [1.29, 1.82) is 0 Å². The predicted molar refractivity (Wildman–Crippen MR) is 65.9 cm³/mol. The minimum Gasteiger partial charge on any atom is -0.393 e. The summed E-state index contributed by atoms with van der Waals surface area (Å²) in [7, 11) is 0. The van der Waals surface area contributed by atoms with E-state index in [1.165, 1.54) is 6.33 Å². The van der Waals surface area contributed by atoms with Crippen molar-refractivity contribution in [2.75, 3.05) is 4.90 Å². The first-order valence-corrected chi connectivity index (χ1v) is 6.66. The van der Waals surface area contributed by atoms with Crippen LogP contribution < -0.4 is 4.90 Å². The van der Waals surface area contributed by atoms with Gasteiger partial charge in [0, 0.05) is 12.1 Å². The summed E-state index contributed by atoms with van der Waals surface area (Å²) in [6, 6.07) is 0.459. The van der Waals surface area contributed by atoms with E-state index >= 15 is 0 Å². The first kappa shape index (κ1) is 11.8. The van der Waals surface area contributed by atoms with Gasteiger partial charge in [0.05, 0.1) is 11.8 Å². The Morgan fingerprint density at radius 2 is 2.00 bits per heavy atom.